The molecule has 1 atom stereocenters. The quantitative estimate of drug-likeness (QED) is 0.645. The summed E-state index contributed by atoms with van der Waals surface area (Å²) in [5.41, 5.74) is 1.44. The number of aromatic hydroxyl groups is 2. The zero-order chi connectivity index (χ0) is 11.2. The van der Waals surface area contributed by atoms with Crippen LogP contribution in [0.3, 0.4) is 0 Å². The van der Waals surface area contributed by atoms with Crippen LogP contribution in [-0.2, 0) is 11.3 Å². The van der Waals surface area contributed by atoms with Gasteiger partial charge in [0.15, 0.2) is 17.8 Å². The summed E-state index contributed by atoms with van der Waals surface area (Å²) in [7, 11) is 1.34. The molecule has 3 N–H and O–H groups in total. The molecule has 5 heteroatoms. The third-order valence-electron chi connectivity index (χ3n) is 2.65. The first-order chi connectivity index (χ1) is 7.07. The second kappa shape index (κ2) is 3.29. The third-order valence-corrected chi connectivity index (χ3v) is 2.65. The molecule has 1 aromatic rings. The lowest BCUT2D eigenvalue weighted by Crippen LogP contribution is -1.97. The second-order valence-electron chi connectivity index (χ2n) is 3.41. The molecular weight excluding hydrogens is 200 g/mol. The molecule has 0 fully saturated rings. The average Bonchev–Trinajstić information content (AvgIpc) is 2.58. The van der Waals surface area contributed by atoms with Crippen molar-refractivity contribution < 1.29 is 24.8 Å². The SMILES string of the molecule is COc1c(O)c(C)c2c(c1O)C(O)OC2. The molecule has 82 valence electrons. The fraction of sp³-hybridized carbons (Fsp3) is 0.400. The molecule has 0 aliphatic carbocycles. The van der Waals surface area contributed by atoms with Crippen molar-refractivity contribution in [3.05, 3.63) is 16.7 Å². The lowest BCUT2D eigenvalue weighted by atomic mass is 10.0. The number of aliphatic hydroxyl groups is 1. The van der Waals surface area contributed by atoms with Crippen molar-refractivity contribution in [3.8, 4) is 17.2 Å². The van der Waals surface area contributed by atoms with Crippen molar-refractivity contribution in [2.24, 2.45) is 0 Å². The van der Waals surface area contributed by atoms with Crippen molar-refractivity contribution in [2.75, 3.05) is 7.11 Å². The minimum atomic E-state index is -1.16. The van der Waals surface area contributed by atoms with E-state index in [0.29, 0.717) is 11.1 Å². The number of methoxy groups -OCH3 is 1. The number of benzene rings is 1. The molecule has 0 bridgehead atoms. The van der Waals surface area contributed by atoms with Crippen LogP contribution in [0.25, 0.3) is 0 Å². The predicted octanol–water partition coefficient (Wildman–Crippen LogP) is 0.936. The van der Waals surface area contributed by atoms with Gasteiger partial charge in [-0.05, 0) is 12.5 Å². The molecule has 15 heavy (non-hydrogen) atoms. The highest BCUT2D eigenvalue weighted by Gasteiger charge is 2.31. The van der Waals surface area contributed by atoms with E-state index in [9.17, 15) is 15.3 Å². The monoisotopic (exact) mass is 212 g/mol. The van der Waals surface area contributed by atoms with Crippen LogP contribution in [-0.4, -0.2) is 22.4 Å². The molecule has 1 unspecified atom stereocenters. The zero-order valence-electron chi connectivity index (χ0n) is 8.44. The number of ether oxygens (including phenoxy) is 2. The first-order valence-electron chi connectivity index (χ1n) is 4.48. The van der Waals surface area contributed by atoms with Crippen LogP contribution < -0.4 is 4.74 Å². The van der Waals surface area contributed by atoms with Gasteiger partial charge >= 0.3 is 0 Å². The number of fused-ring (bicyclic) bond motifs is 1. The first-order valence-corrected chi connectivity index (χ1v) is 4.48. The van der Waals surface area contributed by atoms with E-state index in [1.807, 2.05) is 0 Å². The summed E-state index contributed by atoms with van der Waals surface area (Å²) in [5.74, 6) is -0.414. The molecule has 2 rings (SSSR count). The van der Waals surface area contributed by atoms with E-state index in [0.717, 1.165) is 0 Å². The van der Waals surface area contributed by atoms with Crippen molar-refractivity contribution in [2.45, 2.75) is 19.8 Å². The number of phenolic OH excluding ortho intramolecular Hbond substituents is 2. The Morgan fingerprint density at radius 2 is 2.00 bits per heavy atom. The fourth-order valence-corrected chi connectivity index (χ4v) is 1.78. The summed E-state index contributed by atoms with van der Waals surface area (Å²) >= 11 is 0. The van der Waals surface area contributed by atoms with Gasteiger partial charge in [0, 0.05) is 5.56 Å². The van der Waals surface area contributed by atoms with Crippen LogP contribution in [0.15, 0.2) is 0 Å². The molecule has 0 aromatic heterocycles. The minimum Gasteiger partial charge on any atom is -0.504 e. The Labute approximate surface area is 86.5 Å². The van der Waals surface area contributed by atoms with Crippen LogP contribution in [0, 0.1) is 6.92 Å². The predicted molar refractivity (Wildman–Crippen MR) is 50.8 cm³/mol. The van der Waals surface area contributed by atoms with Gasteiger partial charge in [0.25, 0.3) is 0 Å². The van der Waals surface area contributed by atoms with Crippen LogP contribution in [0.1, 0.15) is 23.0 Å². The summed E-state index contributed by atoms with van der Waals surface area (Å²) < 4.78 is 9.83. The van der Waals surface area contributed by atoms with Crippen molar-refractivity contribution in [1.29, 1.82) is 0 Å². The Balaban J connectivity index is 2.75. The standard InChI is InChI=1S/C10H12O5/c1-4-5-3-15-10(13)6(5)8(12)9(14-2)7(4)11/h10-13H,3H2,1-2H3. The molecule has 1 aliphatic heterocycles. The number of aliphatic hydroxyl groups excluding tert-OH is 1. The van der Waals surface area contributed by atoms with Crippen LogP contribution in [0.5, 0.6) is 17.2 Å². The highest BCUT2D eigenvalue weighted by atomic mass is 16.6. The molecule has 0 saturated heterocycles. The molecule has 0 saturated carbocycles. The van der Waals surface area contributed by atoms with E-state index in [4.69, 9.17) is 9.47 Å². The van der Waals surface area contributed by atoms with E-state index in [1.54, 1.807) is 6.92 Å². The summed E-state index contributed by atoms with van der Waals surface area (Å²) in [4.78, 5) is 0. The Bertz CT molecular complexity index is 413. The van der Waals surface area contributed by atoms with Crippen molar-refractivity contribution in [1.82, 2.24) is 0 Å². The van der Waals surface area contributed by atoms with Crippen LogP contribution in [0.4, 0.5) is 0 Å². The molecule has 0 amide bonds. The Morgan fingerprint density at radius 3 is 2.60 bits per heavy atom. The van der Waals surface area contributed by atoms with Gasteiger partial charge < -0.3 is 24.8 Å². The van der Waals surface area contributed by atoms with Gasteiger partial charge in [-0.2, -0.15) is 0 Å². The van der Waals surface area contributed by atoms with Gasteiger partial charge in [-0.1, -0.05) is 0 Å². The molecule has 0 radical (unpaired) electrons. The van der Waals surface area contributed by atoms with E-state index in [1.165, 1.54) is 7.11 Å². The number of rotatable bonds is 1. The van der Waals surface area contributed by atoms with Gasteiger partial charge in [-0.15, -0.1) is 0 Å². The third kappa shape index (κ3) is 1.24. The summed E-state index contributed by atoms with van der Waals surface area (Å²) in [5, 5.41) is 28.9. The second-order valence-corrected chi connectivity index (χ2v) is 3.41. The Morgan fingerprint density at radius 1 is 1.33 bits per heavy atom. The van der Waals surface area contributed by atoms with E-state index < -0.39 is 6.29 Å². The van der Waals surface area contributed by atoms with Gasteiger partial charge in [0.1, 0.15) is 0 Å². The number of hydrogen-bond donors (Lipinski definition) is 3. The normalized spacial score (nSPS) is 19.0. The fourth-order valence-electron chi connectivity index (χ4n) is 1.78. The van der Waals surface area contributed by atoms with Gasteiger partial charge in [0.2, 0.25) is 5.75 Å². The molecule has 5 nitrogen and oxygen atoms in total. The van der Waals surface area contributed by atoms with Gasteiger partial charge in [-0.3, -0.25) is 0 Å². The largest absolute Gasteiger partial charge is 0.504 e. The first kappa shape index (κ1) is 10.1. The topological polar surface area (TPSA) is 79.2 Å². The molecular formula is C10H12O5. The molecule has 0 spiro atoms. The summed E-state index contributed by atoms with van der Waals surface area (Å²) in [6, 6.07) is 0. The highest BCUT2D eigenvalue weighted by molar-refractivity contribution is 5.63. The molecule has 1 aromatic carbocycles. The zero-order valence-corrected chi connectivity index (χ0v) is 8.44. The maximum Gasteiger partial charge on any atom is 0.203 e. The van der Waals surface area contributed by atoms with Crippen molar-refractivity contribution >= 4 is 0 Å². The van der Waals surface area contributed by atoms with Gasteiger partial charge in [-0.25, -0.2) is 0 Å². The van der Waals surface area contributed by atoms with E-state index in [-0.39, 0.29) is 29.4 Å². The summed E-state index contributed by atoms with van der Waals surface area (Å²) in [6.45, 7) is 1.85. The van der Waals surface area contributed by atoms with Crippen LogP contribution in [0.2, 0.25) is 0 Å². The average molecular weight is 212 g/mol. The number of hydrogen-bond acceptors (Lipinski definition) is 5. The smallest absolute Gasteiger partial charge is 0.203 e. The Kier molecular flexibility index (Phi) is 2.21. The lowest BCUT2D eigenvalue weighted by molar-refractivity contribution is -0.0926. The van der Waals surface area contributed by atoms with Crippen molar-refractivity contribution in [3.63, 3.8) is 0 Å². The molecule has 1 heterocycles. The van der Waals surface area contributed by atoms with Crippen LogP contribution >= 0.6 is 0 Å². The molecule has 1 aliphatic rings. The Hall–Kier alpha value is -1.46. The maximum absolute atomic E-state index is 9.76. The highest BCUT2D eigenvalue weighted by Crippen LogP contribution is 2.48. The summed E-state index contributed by atoms with van der Waals surface area (Å²) in [6.07, 6.45) is -1.16. The van der Waals surface area contributed by atoms with Gasteiger partial charge in [0.05, 0.1) is 19.3 Å². The van der Waals surface area contributed by atoms with E-state index in [2.05, 4.69) is 0 Å². The number of phenols is 2. The lowest BCUT2D eigenvalue weighted by Gasteiger charge is -2.13. The van der Waals surface area contributed by atoms with E-state index >= 15 is 0 Å². The maximum atomic E-state index is 9.76. The minimum absolute atomic E-state index is 0.0317.